The number of carbonyl (C=O) groups is 1. The van der Waals surface area contributed by atoms with Crippen LogP contribution in [0, 0.1) is 5.82 Å². The zero-order chi connectivity index (χ0) is 14.3. The molecule has 2 aromatic carbocycles. The molecule has 0 fully saturated rings. The average molecular weight is 272 g/mol. The molecule has 102 valence electrons. The van der Waals surface area contributed by atoms with Gasteiger partial charge in [0.05, 0.1) is 12.0 Å². The molecule has 0 unspecified atom stereocenters. The van der Waals surface area contributed by atoms with Gasteiger partial charge in [-0.2, -0.15) is 0 Å². The topological polar surface area (TPSA) is 46.5 Å². The summed E-state index contributed by atoms with van der Waals surface area (Å²) in [6.45, 7) is 1.80. The molecule has 0 amide bonds. The molecule has 0 saturated carbocycles. The summed E-state index contributed by atoms with van der Waals surface area (Å²) in [7, 11) is 0. The molecule has 0 bridgehead atoms. The first kappa shape index (κ1) is 12.7. The minimum atomic E-state index is -0.825. The molecule has 0 radical (unpaired) electrons. The molecule has 0 spiro atoms. The van der Waals surface area contributed by atoms with E-state index >= 15 is 0 Å². The zero-order valence-corrected chi connectivity index (χ0v) is 10.9. The predicted molar refractivity (Wildman–Crippen MR) is 71.4 cm³/mol. The van der Waals surface area contributed by atoms with Crippen molar-refractivity contribution in [2.75, 3.05) is 0 Å². The largest absolute Gasteiger partial charge is 0.508 e. The number of benzene rings is 2. The Balaban J connectivity index is 2.04. The highest BCUT2D eigenvalue weighted by molar-refractivity contribution is 6.00. The molecule has 3 nitrogen and oxygen atoms in total. The van der Waals surface area contributed by atoms with E-state index in [0.717, 1.165) is 5.56 Å². The number of phenols is 1. The van der Waals surface area contributed by atoms with Gasteiger partial charge in [0, 0.05) is 0 Å². The van der Waals surface area contributed by atoms with Gasteiger partial charge in [0.2, 0.25) is 0 Å². The van der Waals surface area contributed by atoms with Crippen LogP contribution < -0.4 is 4.74 Å². The van der Waals surface area contributed by atoms with E-state index in [1.54, 1.807) is 25.1 Å². The third-order valence-electron chi connectivity index (χ3n) is 3.55. The monoisotopic (exact) mass is 272 g/mol. The summed E-state index contributed by atoms with van der Waals surface area (Å²) in [6, 6.07) is 10.4. The van der Waals surface area contributed by atoms with Crippen molar-refractivity contribution in [3.8, 4) is 11.5 Å². The molecule has 1 aliphatic heterocycles. The number of Topliss-reactive ketones (excluding diaryl/α,β-unsaturated/α-hetero) is 1. The second-order valence-electron chi connectivity index (χ2n) is 5.12. The summed E-state index contributed by atoms with van der Waals surface area (Å²) in [5, 5.41) is 9.43. The van der Waals surface area contributed by atoms with E-state index in [0.29, 0.717) is 11.3 Å². The van der Waals surface area contributed by atoms with E-state index < -0.39 is 5.60 Å². The number of hydrogen-bond donors (Lipinski definition) is 1. The molecule has 0 aliphatic carbocycles. The van der Waals surface area contributed by atoms with Crippen molar-refractivity contribution < 1.29 is 19.0 Å². The van der Waals surface area contributed by atoms with Crippen LogP contribution in [0.25, 0.3) is 0 Å². The fraction of sp³-hybridized carbons (Fsp3) is 0.188. The maximum Gasteiger partial charge on any atom is 0.171 e. The highest BCUT2D eigenvalue weighted by Gasteiger charge is 2.38. The van der Waals surface area contributed by atoms with Gasteiger partial charge < -0.3 is 9.84 Å². The minimum Gasteiger partial charge on any atom is -0.508 e. The van der Waals surface area contributed by atoms with E-state index in [1.807, 2.05) is 0 Å². The maximum absolute atomic E-state index is 13.0. The summed E-state index contributed by atoms with van der Waals surface area (Å²) in [6.07, 6.45) is 0.148. The second-order valence-corrected chi connectivity index (χ2v) is 5.12. The number of fused-ring (bicyclic) bond motifs is 1. The van der Waals surface area contributed by atoms with E-state index in [4.69, 9.17) is 4.74 Å². The van der Waals surface area contributed by atoms with Crippen molar-refractivity contribution in [3.63, 3.8) is 0 Å². The number of rotatable bonds is 1. The quantitative estimate of drug-likeness (QED) is 0.865. The Morgan fingerprint density at radius 1 is 1.20 bits per heavy atom. The molecular weight excluding hydrogens is 259 g/mol. The van der Waals surface area contributed by atoms with Gasteiger partial charge in [-0.25, -0.2) is 4.39 Å². The Labute approximate surface area is 115 Å². The van der Waals surface area contributed by atoms with Gasteiger partial charge in [0.1, 0.15) is 22.9 Å². The lowest BCUT2D eigenvalue weighted by Gasteiger charge is -2.35. The Morgan fingerprint density at radius 3 is 2.60 bits per heavy atom. The second kappa shape index (κ2) is 4.34. The third-order valence-corrected chi connectivity index (χ3v) is 3.55. The normalized spacial score (nSPS) is 21.2. The average Bonchev–Trinajstić information content (AvgIpc) is 2.40. The van der Waals surface area contributed by atoms with Crippen molar-refractivity contribution in [2.24, 2.45) is 0 Å². The predicted octanol–water partition coefficient (Wildman–Crippen LogP) is 3.41. The Hall–Kier alpha value is -2.36. The fourth-order valence-electron chi connectivity index (χ4n) is 2.47. The van der Waals surface area contributed by atoms with Crippen molar-refractivity contribution in [1.29, 1.82) is 0 Å². The van der Waals surface area contributed by atoms with Crippen LogP contribution in [0.3, 0.4) is 0 Å². The van der Waals surface area contributed by atoms with Gasteiger partial charge >= 0.3 is 0 Å². The number of ether oxygens (including phenoxy) is 1. The molecule has 4 heteroatoms. The molecule has 0 aromatic heterocycles. The first-order chi connectivity index (χ1) is 9.48. The summed E-state index contributed by atoms with van der Waals surface area (Å²) in [5.41, 5.74) is 0.296. The van der Waals surface area contributed by atoms with E-state index in [1.165, 1.54) is 24.3 Å². The molecule has 1 aliphatic rings. The number of halogens is 1. The van der Waals surface area contributed by atoms with Gasteiger partial charge in [-0.05, 0) is 42.8 Å². The first-order valence-corrected chi connectivity index (χ1v) is 6.29. The molecule has 1 heterocycles. The van der Waals surface area contributed by atoms with Crippen molar-refractivity contribution in [3.05, 3.63) is 59.4 Å². The van der Waals surface area contributed by atoms with Crippen molar-refractivity contribution >= 4 is 5.78 Å². The first-order valence-electron chi connectivity index (χ1n) is 6.29. The van der Waals surface area contributed by atoms with Crippen LogP contribution in [0.2, 0.25) is 0 Å². The maximum atomic E-state index is 13.0. The van der Waals surface area contributed by atoms with Crippen LogP contribution in [0.4, 0.5) is 4.39 Å². The summed E-state index contributed by atoms with van der Waals surface area (Å²) in [4.78, 5) is 12.2. The van der Waals surface area contributed by atoms with E-state index in [9.17, 15) is 14.3 Å². The lowest BCUT2D eigenvalue weighted by molar-refractivity contribution is 0.0502. The number of phenolic OH excluding ortho intramolecular Hbond substituents is 1. The fourth-order valence-corrected chi connectivity index (χ4v) is 2.47. The molecule has 20 heavy (non-hydrogen) atoms. The summed E-state index contributed by atoms with van der Waals surface area (Å²) < 4.78 is 18.9. The Morgan fingerprint density at radius 2 is 1.90 bits per heavy atom. The van der Waals surface area contributed by atoms with Crippen LogP contribution in [0.1, 0.15) is 29.3 Å². The summed E-state index contributed by atoms with van der Waals surface area (Å²) >= 11 is 0. The molecule has 3 rings (SSSR count). The van der Waals surface area contributed by atoms with E-state index in [2.05, 4.69) is 0 Å². The highest BCUT2D eigenvalue weighted by Crippen LogP contribution is 2.40. The SMILES string of the molecule is C[C@]1(c2ccc(F)cc2)CC(=O)c2cc(O)ccc2O1. The third kappa shape index (κ3) is 2.03. The highest BCUT2D eigenvalue weighted by atomic mass is 19.1. The Kier molecular flexibility index (Phi) is 2.74. The molecule has 0 saturated heterocycles. The van der Waals surface area contributed by atoms with Crippen LogP contribution in [-0.2, 0) is 5.60 Å². The molecule has 1 N–H and O–H groups in total. The number of carbonyl (C=O) groups excluding carboxylic acids is 1. The van der Waals surface area contributed by atoms with Crippen LogP contribution in [-0.4, -0.2) is 10.9 Å². The van der Waals surface area contributed by atoms with E-state index in [-0.39, 0.29) is 23.8 Å². The van der Waals surface area contributed by atoms with Crippen LogP contribution in [0.5, 0.6) is 11.5 Å². The van der Waals surface area contributed by atoms with Gasteiger partial charge in [-0.1, -0.05) is 12.1 Å². The van der Waals surface area contributed by atoms with Crippen molar-refractivity contribution in [1.82, 2.24) is 0 Å². The molecular formula is C16H13FO3. The van der Waals surface area contributed by atoms with Gasteiger partial charge in [-0.3, -0.25) is 4.79 Å². The number of aromatic hydroxyl groups is 1. The minimum absolute atomic E-state index is 0.0334. The number of hydrogen-bond acceptors (Lipinski definition) is 3. The van der Waals surface area contributed by atoms with Gasteiger partial charge in [-0.15, -0.1) is 0 Å². The Bertz CT molecular complexity index is 679. The molecule has 1 atom stereocenters. The number of ketones is 1. The smallest absolute Gasteiger partial charge is 0.171 e. The van der Waals surface area contributed by atoms with Crippen LogP contribution in [0.15, 0.2) is 42.5 Å². The van der Waals surface area contributed by atoms with Crippen molar-refractivity contribution in [2.45, 2.75) is 18.9 Å². The molecule has 2 aromatic rings. The van der Waals surface area contributed by atoms with Gasteiger partial charge in [0.25, 0.3) is 0 Å². The lowest BCUT2D eigenvalue weighted by Crippen LogP contribution is -2.36. The standard InChI is InChI=1S/C16H13FO3/c1-16(10-2-4-11(17)5-3-10)9-14(19)13-8-12(18)6-7-15(13)20-16/h2-8,18H,9H2,1H3/t16-/m1/s1. The van der Waals surface area contributed by atoms with Crippen LogP contribution >= 0.6 is 0 Å². The lowest BCUT2D eigenvalue weighted by atomic mass is 9.85. The zero-order valence-electron chi connectivity index (χ0n) is 10.9. The summed E-state index contributed by atoms with van der Waals surface area (Å²) in [5.74, 6) is 0.0377. The van der Waals surface area contributed by atoms with Gasteiger partial charge in [0.15, 0.2) is 5.78 Å².